The van der Waals surface area contributed by atoms with Gasteiger partial charge in [0.15, 0.2) is 5.82 Å². The number of aromatic amines is 1. The van der Waals surface area contributed by atoms with Crippen molar-refractivity contribution in [3.05, 3.63) is 34.9 Å². The van der Waals surface area contributed by atoms with E-state index in [2.05, 4.69) is 20.2 Å². The number of piperidine rings is 1. The Morgan fingerprint density at radius 3 is 2.79 bits per heavy atom. The molecule has 4 aliphatic heterocycles. The maximum absolute atomic E-state index is 17.0. The molecule has 0 unspecified atom stereocenters. The molecule has 3 aromatic heterocycles. The molecule has 0 radical (unpaired) electrons. The van der Waals surface area contributed by atoms with Crippen LogP contribution in [0.2, 0.25) is 5.02 Å². The number of halogens is 4. The van der Waals surface area contributed by atoms with Crippen LogP contribution in [0.25, 0.3) is 33.1 Å². The van der Waals surface area contributed by atoms with Crippen LogP contribution in [-0.4, -0.2) is 113 Å². The molecule has 1 aromatic carbocycles. The Bertz CT molecular complexity index is 1920. The Kier molecular flexibility index (Phi) is 7.68. The van der Waals surface area contributed by atoms with Gasteiger partial charge in [-0.05, 0) is 57.3 Å². The Balaban J connectivity index is 1.29. The van der Waals surface area contributed by atoms with Crippen LogP contribution in [0.1, 0.15) is 31.2 Å². The fourth-order valence-electron chi connectivity index (χ4n) is 7.92. The van der Waals surface area contributed by atoms with Gasteiger partial charge in [-0.2, -0.15) is 15.1 Å². The summed E-state index contributed by atoms with van der Waals surface area (Å²) in [6.45, 7) is 1.76. The number of carbonyl (C=O) groups is 1. The lowest BCUT2D eigenvalue weighted by molar-refractivity contribution is -0.137. The first-order chi connectivity index (χ1) is 23.0. The third-order valence-corrected chi connectivity index (χ3v) is 10.7. The summed E-state index contributed by atoms with van der Waals surface area (Å²) < 4.78 is 58.1. The van der Waals surface area contributed by atoms with Crippen LogP contribution < -0.4 is 9.64 Å². The maximum atomic E-state index is 17.0. The normalized spacial score (nSPS) is 25.4. The molecule has 11 nitrogen and oxygen atoms in total. The number of fused-ring (bicyclic) bond motifs is 7. The van der Waals surface area contributed by atoms with E-state index in [0.29, 0.717) is 83.3 Å². The SMILES string of the molecule is CN(C)C[C@]1(COc2nc3c4cnc(c(F)c4n2)-c2c(c(Cl)cc4[nH]ncc24)CCCOCC(=O)N2CC[C@@H]4CCN3C[C@@H]42)CC1(F)F. The van der Waals surface area contributed by atoms with E-state index >= 15 is 4.39 Å². The van der Waals surface area contributed by atoms with Crippen LogP contribution in [0, 0.1) is 17.2 Å². The van der Waals surface area contributed by atoms with Crippen molar-refractivity contribution >= 4 is 45.1 Å². The minimum Gasteiger partial charge on any atom is -0.463 e. The van der Waals surface area contributed by atoms with E-state index < -0.39 is 17.2 Å². The van der Waals surface area contributed by atoms with Crippen molar-refractivity contribution in [1.82, 2.24) is 34.9 Å². The summed E-state index contributed by atoms with van der Waals surface area (Å²) in [6.07, 6.45) is 5.48. The lowest BCUT2D eigenvalue weighted by Gasteiger charge is -2.39. The number of amides is 1. The summed E-state index contributed by atoms with van der Waals surface area (Å²) in [5.41, 5.74) is 0.335. The van der Waals surface area contributed by atoms with Crippen molar-refractivity contribution in [2.45, 2.75) is 44.1 Å². The lowest BCUT2D eigenvalue weighted by atomic mass is 9.92. The van der Waals surface area contributed by atoms with Gasteiger partial charge in [0.1, 0.15) is 30.2 Å². The second kappa shape index (κ2) is 11.7. The van der Waals surface area contributed by atoms with Crippen LogP contribution in [0.4, 0.5) is 19.0 Å². The summed E-state index contributed by atoms with van der Waals surface area (Å²) >= 11 is 6.79. The number of aromatic nitrogens is 5. The van der Waals surface area contributed by atoms with Crippen LogP contribution in [-0.2, 0) is 16.0 Å². The average molecular weight is 685 g/mol. The zero-order valence-electron chi connectivity index (χ0n) is 26.7. The molecular weight excluding hydrogens is 649 g/mol. The van der Waals surface area contributed by atoms with Gasteiger partial charge in [-0.3, -0.25) is 14.9 Å². The number of anilines is 1. The minimum absolute atomic E-state index is 0.0286. The molecule has 1 N–H and O–H groups in total. The molecule has 48 heavy (non-hydrogen) atoms. The molecule has 1 aliphatic carbocycles. The number of H-pyrrole nitrogens is 1. The smallest absolute Gasteiger partial charge is 0.319 e. The number of nitrogens with zero attached hydrogens (tertiary/aromatic N) is 7. The number of hydrogen-bond donors (Lipinski definition) is 1. The number of ether oxygens (including phenoxy) is 2. The molecule has 15 heteroatoms. The maximum Gasteiger partial charge on any atom is 0.319 e. The molecule has 0 spiro atoms. The van der Waals surface area contributed by atoms with Crippen molar-refractivity contribution in [2.24, 2.45) is 11.3 Å². The van der Waals surface area contributed by atoms with Crippen molar-refractivity contribution in [3.63, 3.8) is 0 Å². The zero-order chi connectivity index (χ0) is 33.4. The Morgan fingerprint density at radius 2 is 2.00 bits per heavy atom. The largest absolute Gasteiger partial charge is 0.463 e. The fraction of sp³-hybridized carbons (Fsp3) is 0.545. The number of nitrogens with one attached hydrogen (secondary N) is 1. The third-order valence-electron chi connectivity index (χ3n) is 10.4. The van der Waals surface area contributed by atoms with E-state index in [4.69, 9.17) is 26.1 Å². The highest BCUT2D eigenvalue weighted by Gasteiger charge is 2.71. The van der Waals surface area contributed by atoms with Crippen LogP contribution in [0.5, 0.6) is 6.01 Å². The molecule has 254 valence electrons. The van der Waals surface area contributed by atoms with Gasteiger partial charge < -0.3 is 24.2 Å². The number of alkyl halides is 2. The van der Waals surface area contributed by atoms with E-state index in [-0.39, 0.29) is 55.3 Å². The molecule has 5 aliphatic rings. The van der Waals surface area contributed by atoms with E-state index in [9.17, 15) is 13.6 Å². The number of benzene rings is 1. The standard InChI is InChI=1S/C33H36ClF3N8O3/c1-43(2)16-32(15-33(32,36)37)17-48-31-40-28-21-11-38-29(27(28)35)26-19(22(34)10-23-20(26)12-39-42-23)4-3-9-47-14-25(46)45-8-6-18-5-7-44(13-24(18)45)30(21)41-31/h10-12,18,24H,3-9,13-17H2,1-2H3,(H,39,42)/t18-,24-,32-/m0/s1. The van der Waals surface area contributed by atoms with E-state index in [1.165, 1.54) is 0 Å². The van der Waals surface area contributed by atoms with Crippen molar-refractivity contribution < 1.29 is 27.4 Å². The number of carbonyl (C=O) groups excluding carboxylic acids is 1. The highest BCUT2D eigenvalue weighted by atomic mass is 35.5. The van der Waals surface area contributed by atoms with Crippen LogP contribution >= 0.6 is 11.6 Å². The summed E-state index contributed by atoms with van der Waals surface area (Å²) in [5.74, 6) is -2.98. The number of rotatable bonds is 5. The molecule has 3 fully saturated rings. The second-order valence-corrected chi connectivity index (χ2v) is 14.2. The van der Waals surface area contributed by atoms with Gasteiger partial charge in [-0.25, -0.2) is 13.2 Å². The Hall–Kier alpha value is -3.75. The first kappa shape index (κ1) is 31.5. The molecule has 4 aromatic rings. The van der Waals surface area contributed by atoms with Gasteiger partial charge in [-0.1, -0.05) is 11.6 Å². The average Bonchev–Trinajstić information content (AvgIpc) is 3.41. The highest BCUT2D eigenvalue weighted by Crippen LogP contribution is 2.60. The quantitative estimate of drug-likeness (QED) is 0.319. The monoisotopic (exact) mass is 684 g/mol. The van der Waals surface area contributed by atoms with E-state index in [1.807, 2.05) is 9.80 Å². The second-order valence-electron chi connectivity index (χ2n) is 13.8. The van der Waals surface area contributed by atoms with E-state index in [0.717, 1.165) is 12.8 Å². The molecule has 9 rings (SSSR count). The predicted molar refractivity (Wildman–Crippen MR) is 173 cm³/mol. The van der Waals surface area contributed by atoms with Crippen LogP contribution in [0.15, 0.2) is 18.5 Å². The van der Waals surface area contributed by atoms with Crippen molar-refractivity contribution in [1.29, 1.82) is 0 Å². The fourth-order valence-corrected chi connectivity index (χ4v) is 8.21. The van der Waals surface area contributed by atoms with E-state index in [1.54, 1.807) is 37.5 Å². The molecule has 6 bridgehead atoms. The van der Waals surface area contributed by atoms with Crippen molar-refractivity contribution in [3.8, 4) is 17.3 Å². The van der Waals surface area contributed by atoms with Gasteiger partial charge in [0.2, 0.25) is 5.91 Å². The van der Waals surface area contributed by atoms with Gasteiger partial charge in [0, 0.05) is 61.4 Å². The van der Waals surface area contributed by atoms with Crippen LogP contribution in [0.3, 0.4) is 0 Å². The molecule has 1 amide bonds. The summed E-state index contributed by atoms with van der Waals surface area (Å²) in [4.78, 5) is 32.8. The summed E-state index contributed by atoms with van der Waals surface area (Å²) in [5, 5.41) is 8.48. The number of pyridine rings is 1. The zero-order valence-corrected chi connectivity index (χ0v) is 27.5. The Labute approximate surface area is 279 Å². The lowest BCUT2D eigenvalue weighted by Crippen LogP contribution is -2.51. The molecule has 2 saturated heterocycles. The molecule has 3 atom stereocenters. The summed E-state index contributed by atoms with van der Waals surface area (Å²) in [7, 11) is 3.47. The molecule has 1 saturated carbocycles. The van der Waals surface area contributed by atoms with Gasteiger partial charge in [0.25, 0.3) is 5.92 Å². The summed E-state index contributed by atoms with van der Waals surface area (Å²) in [6, 6.07) is 1.47. The van der Waals surface area contributed by atoms with Crippen molar-refractivity contribution in [2.75, 3.05) is 65.0 Å². The highest BCUT2D eigenvalue weighted by molar-refractivity contribution is 6.33. The minimum atomic E-state index is -2.90. The first-order valence-corrected chi connectivity index (χ1v) is 16.7. The third kappa shape index (κ3) is 5.23. The molecular formula is C33H36ClF3N8O3. The predicted octanol–water partition coefficient (Wildman–Crippen LogP) is 4.72. The van der Waals surface area contributed by atoms with Gasteiger partial charge in [0.05, 0.1) is 28.6 Å². The van der Waals surface area contributed by atoms with Gasteiger partial charge >= 0.3 is 6.01 Å². The first-order valence-electron chi connectivity index (χ1n) is 16.3. The molecule has 7 heterocycles. The van der Waals surface area contributed by atoms with Gasteiger partial charge in [-0.15, -0.1) is 0 Å². The topological polar surface area (TPSA) is 113 Å². The Morgan fingerprint density at radius 1 is 1.19 bits per heavy atom. The number of hydrogen-bond acceptors (Lipinski definition) is 9.